The molecule has 0 aliphatic heterocycles. The van der Waals surface area contributed by atoms with Crippen LogP contribution in [0.3, 0.4) is 0 Å². The molecule has 0 radical (unpaired) electrons. The van der Waals surface area contributed by atoms with E-state index >= 15 is 0 Å². The molecule has 0 saturated carbocycles. The Hall–Kier alpha value is -1.42. The molecule has 0 aliphatic carbocycles. The van der Waals surface area contributed by atoms with E-state index in [-0.39, 0.29) is 0 Å². The molecule has 0 amide bonds. The number of aromatic nitrogens is 2. The molecule has 21 heavy (non-hydrogen) atoms. The van der Waals surface area contributed by atoms with Gasteiger partial charge in [-0.1, -0.05) is 38.9 Å². The molecule has 0 fully saturated rings. The second kappa shape index (κ2) is 7.55. The number of aryl methyl sites for hydroxylation is 1. The van der Waals surface area contributed by atoms with Crippen molar-refractivity contribution in [3.63, 3.8) is 0 Å². The summed E-state index contributed by atoms with van der Waals surface area (Å²) in [4.78, 5) is 4.57. The third-order valence-electron chi connectivity index (χ3n) is 3.75. The summed E-state index contributed by atoms with van der Waals surface area (Å²) in [5, 5.41) is 3.49. The average Bonchev–Trinajstić information content (AvgIpc) is 2.51. The zero-order valence-corrected chi connectivity index (χ0v) is 14.1. The molecule has 3 nitrogen and oxygen atoms in total. The normalized spacial score (nSPS) is 11.0. The van der Waals surface area contributed by atoms with Crippen LogP contribution in [0.25, 0.3) is 11.0 Å². The van der Waals surface area contributed by atoms with Crippen LogP contribution >= 0.6 is 12.2 Å². The van der Waals surface area contributed by atoms with Crippen molar-refractivity contribution >= 4 is 23.3 Å². The molecule has 0 saturated heterocycles. The molecular weight excluding hydrogens is 278 g/mol. The Morgan fingerprint density at radius 3 is 2.71 bits per heavy atom. The molecule has 0 atom stereocenters. The lowest BCUT2D eigenvalue weighted by Gasteiger charge is -2.28. The van der Waals surface area contributed by atoms with Crippen LogP contribution in [0, 0.1) is 4.64 Å². The molecule has 0 N–H and O–H groups in total. The van der Waals surface area contributed by atoms with Gasteiger partial charge in [0, 0.05) is 24.7 Å². The zero-order chi connectivity index (χ0) is 15.2. The van der Waals surface area contributed by atoms with Crippen molar-refractivity contribution in [1.82, 2.24) is 9.66 Å². The van der Waals surface area contributed by atoms with E-state index in [1.807, 2.05) is 12.3 Å². The minimum absolute atomic E-state index is 0.918. The maximum atomic E-state index is 5.76. The molecular formula is C17H25N3S. The van der Waals surface area contributed by atoms with Crippen LogP contribution in [0.5, 0.6) is 0 Å². The Morgan fingerprint density at radius 1 is 1.24 bits per heavy atom. The van der Waals surface area contributed by atoms with Crippen LogP contribution in [0.1, 0.15) is 45.6 Å². The largest absolute Gasteiger partial charge is 0.310 e. The lowest BCUT2D eigenvalue weighted by Crippen LogP contribution is -2.36. The van der Waals surface area contributed by atoms with E-state index < -0.39 is 0 Å². The number of nitrogens with zero attached hydrogens (tertiary/aromatic N) is 3. The van der Waals surface area contributed by atoms with Crippen LogP contribution in [-0.4, -0.2) is 22.7 Å². The summed E-state index contributed by atoms with van der Waals surface area (Å²) in [6, 6.07) is 6.33. The van der Waals surface area contributed by atoms with Crippen molar-refractivity contribution in [2.75, 3.05) is 18.1 Å². The molecule has 114 valence electrons. The van der Waals surface area contributed by atoms with Crippen molar-refractivity contribution in [3.05, 3.63) is 34.6 Å². The summed E-state index contributed by atoms with van der Waals surface area (Å²) in [7, 11) is 0. The van der Waals surface area contributed by atoms with Gasteiger partial charge in [0.2, 0.25) is 0 Å². The van der Waals surface area contributed by atoms with Gasteiger partial charge in [0.05, 0.1) is 0 Å². The fourth-order valence-electron chi connectivity index (χ4n) is 2.63. The lowest BCUT2D eigenvalue weighted by atomic mass is 10.1. The summed E-state index contributed by atoms with van der Waals surface area (Å²) in [5.74, 6) is 0. The highest BCUT2D eigenvalue weighted by Crippen LogP contribution is 2.18. The molecule has 2 rings (SSSR count). The van der Waals surface area contributed by atoms with Crippen molar-refractivity contribution < 1.29 is 0 Å². The quantitative estimate of drug-likeness (QED) is 0.704. The average molecular weight is 303 g/mol. The Morgan fingerprint density at radius 2 is 2.05 bits per heavy atom. The maximum Gasteiger partial charge on any atom is 0.159 e. The van der Waals surface area contributed by atoms with Gasteiger partial charge in [-0.3, -0.25) is 0 Å². The smallest absolute Gasteiger partial charge is 0.159 e. The summed E-state index contributed by atoms with van der Waals surface area (Å²) >= 11 is 5.76. The minimum Gasteiger partial charge on any atom is -0.310 e. The monoisotopic (exact) mass is 303 g/mol. The van der Waals surface area contributed by atoms with Crippen LogP contribution < -0.4 is 5.01 Å². The van der Waals surface area contributed by atoms with Crippen LogP contribution in [-0.2, 0) is 6.42 Å². The van der Waals surface area contributed by atoms with Crippen LogP contribution in [0.4, 0.5) is 0 Å². The first kappa shape index (κ1) is 16.0. The molecule has 2 aromatic rings. The highest BCUT2D eigenvalue weighted by molar-refractivity contribution is 7.71. The van der Waals surface area contributed by atoms with E-state index in [0.717, 1.165) is 36.2 Å². The van der Waals surface area contributed by atoms with Gasteiger partial charge in [0.1, 0.15) is 4.64 Å². The number of rotatable bonds is 7. The number of fused-ring (bicyclic) bond motifs is 1. The Balaban J connectivity index is 2.62. The Labute approximate surface area is 132 Å². The fraction of sp³-hybridized carbons (Fsp3) is 0.529. The number of pyridine rings is 2. The third-order valence-corrected chi connectivity index (χ3v) is 4.19. The van der Waals surface area contributed by atoms with Crippen LogP contribution in [0.15, 0.2) is 24.4 Å². The molecule has 0 unspecified atom stereocenters. The van der Waals surface area contributed by atoms with E-state index in [1.54, 1.807) is 0 Å². The first-order valence-electron chi connectivity index (χ1n) is 7.97. The van der Waals surface area contributed by atoms with Gasteiger partial charge in [-0.2, -0.15) is 0 Å². The molecule has 0 aliphatic rings. The first-order valence-corrected chi connectivity index (χ1v) is 8.38. The molecule has 0 spiro atoms. The van der Waals surface area contributed by atoms with Gasteiger partial charge >= 0.3 is 0 Å². The lowest BCUT2D eigenvalue weighted by molar-refractivity contribution is 0.576. The van der Waals surface area contributed by atoms with E-state index in [0.29, 0.717) is 0 Å². The second-order valence-corrected chi connectivity index (χ2v) is 5.74. The second-order valence-electron chi connectivity index (χ2n) is 5.35. The zero-order valence-electron chi connectivity index (χ0n) is 13.3. The molecule has 2 heterocycles. The van der Waals surface area contributed by atoms with Crippen molar-refractivity contribution in [1.29, 1.82) is 0 Å². The van der Waals surface area contributed by atoms with Gasteiger partial charge in [-0.05, 0) is 43.5 Å². The van der Waals surface area contributed by atoms with Crippen molar-refractivity contribution in [2.45, 2.75) is 46.5 Å². The summed E-state index contributed by atoms with van der Waals surface area (Å²) in [6.07, 6.45) is 6.33. The van der Waals surface area contributed by atoms with Gasteiger partial charge in [-0.15, -0.1) is 0 Å². The summed E-state index contributed by atoms with van der Waals surface area (Å²) in [5.41, 5.74) is 2.23. The van der Waals surface area contributed by atoms with Gasteiger partial charge in [0.25, 0.3) is 0 Å². The maximum absolute atomic E-state index is 5.76. The summed E-state index contributed by atoms with van der Waals surface area (Å²) < 4.78 is 3.08. The Kier molecular flexibility index (Phi) is 5.74. The number of unbranched alkanes of at least 4 members (excludes halogenated alkanes) is 1. The van der Waals surface area contributed by atoms with Gasteiger partial charge in [0.15, 0.2) is 5.65 Å². The van der Waals surface area contributed by atoms with Crippen LogP contribution in [0.2, 0.25) is 0 Å². The predicted octanol–water partition coefficient (Wildman–Crippen LogP) is 4.48. The van der Waals surface area contributed by atoms with Gasteiger partial charge in [-0.25, -0.2) is 9.66 Å². The predicted molar refractivity (Wildman–Crippen MR) is 93.1 cm³/mol. The van der Waals surface area contributed by atoms with Gasteiger partial charge < -0.3 is 5.01 Å². The topological polar surface area (TPSA) is 21.1 Å². The highest BCUT2D eigenvalue weighted by Gasteiger charge is 2.11. The SMILES string of the molecule is CCCCN(CC)n1c(=S)c(CCC)cc2cccnc21. The summed E-state index contributed by atoms with van der Waals surface area (Å²) in [6.45, 7) is 8.55. The van der Waals surface area contributed by atoms with Crippen molar-refractivity contribution in [3.8, 4) is 0 Å². The van der Waals surface area contributed by atoms with E-state index in [1.165, 1.54) is 23.8 Å². The van der Waals surface area contributed by atoms with Crippen molar-refractivity contribution in [2.24, 2.45) is 0 Å². The number of hydrogen-bond acceptors (Lipinski definition) is 3. The number of hydrogen-bond donors (Lipinski definition) is 0. The Bertz CT molecular complexity index is 648. The minimum atomic E-state index is 0.918. The van der Waals surface area contributed by atoms with E-state index in [9.17, 15) is 0 Å². The molecule has 0 aromatic carbocycles. The van der Waals surface area contributed by atoms with E-state index in [4.69, 9.17) is 12.2 Å². The molecule has 4 heteroatoms. The molecule has 0 bridgehead atoms. The first-order chi connectivity index (χ1) is 10.2. The fourth-order valence-corrected chi connectivity index (χ4v) is 2.99. The standard InChI is InChI=1S/C17H25N3S/c1-4-7-12-19(6-3)20-16-14(10-8-11-18-16)13-15(9-5-2)17(20)21/h8,10-11,13H,4-7,9,12H2,1-3H3. The third kappa shape index (κ3) is 3.43. The molecule has 2 aromatic heterocycles. The highest BCUT2D eigenvalue weighted by atomic mass is 32.1. The van der Waals surface area contributed by atoms with E-state index in [2.05, 4.69) is 47.6 Å².